The molecule has 186 valence electrons. The van der Waals surface area contributed by atoms with E-state index in [0.717, 1.165) is 60.8 Å². The molecular weight excluding hydrogens is 442 g/mol. The van der Waals surface area contributed by atoms with Gasteiger partial charge in [-0.2, -0.15) is 0 Å². The quantitative estimate of drug-likeness (QED) is 0.103. The van der Waals surface area contributed by atoms with Crippen LogP contribution in [0.2, 0.25) is 0 Å². The highest BCUT2D eigenvalue weighted by Crippen LogP contribution is 2.33. The van der Waals surface area contributed by atoms with Crippen molar-refractivity contribution in [2.75, 3.05) is 0 Å². The predicted octanol–water partition coefficient (Wildman–Crippen LogP) is 3.76. The van der Waals surface area contributed by atoms with Crippen molar-refractivity contribution in [3.05, 3.63) is 59.7 Å². The third kappa shape index (κ3) is 6.45. The molecule has 3 rings (SSSR count). The zero-order valence-electron chi connectivity index (χ0n) is 20.4. The van der Waals surface area contributed by atoms with Crippen molar-refractivity contribution < 1.29 is 10.0 Å². The van der Waals surface area contributed by atoms with Crippen LogP contribution in [0.15, 0.2) is 63.8 Å². The summed E-state index contributed by atoms with van der Waals surface area (Å²) >= 11 is 0. The summed E-state index contributed by atoms with van der Waals surface area (Å²) in [5.74, 6) is 6.01. The molecule has 2 aromatic carbocycles. The molecule has 0 radical (unpaired) electrons. The first kappa shape index (κ1) is 25.9. The molecular formula is C26H35N7O2. The highest BCUT2D eigenvalue weighted by atomic mass is 16.4. The van der Waals surface area contributed by atoms with Gasteiger partial charge >= 0.3 is 0 Å². The molecule has 9 nitrogen and oxygen atoms in total. The molecule has 2 aromatic rings. The number of nitrogens with one attached hydrogen (secondary N) is 1. The highest BCUT2D eigenvalue weighted by Gasteiger charge is 2.31. The van der Waals surface area contributed by atoms with E-state index in [1.54, 1.807) is 0 Å². The first-order chi connectivity index (χ1) is 16.9. The third-order valence-electron chi connectivity index (χ3n) is 6.33. The SMILES string of the molecule is CCC/C(=N/O)C(=NC1(C)CCCC1)N(C=O)Cc1ccc(-c2ccccc2/C(N)=N/NN)cc1. The maximum absolute atomic E-state index is 12.2. The van der Waals surface area contributed by atoms with E-state index in [9.17, 15) is 10.0 Å². The summed E-state index contributed by atoms with van der Waals surface area (Å²) in [7, 11) is 0. The van der Waals surface area contributed by atoms with Gasteiger partial charge < -0.3 is 10.9 Å². The monoisotopic (exact) mass is 477 g/mol. The Hall–Kier alpha value is -3.72. The number of aliphatic imine (C=N–C) groups is 1. The van der Waals surface area contributed by atoms with Crippen LogP contribution in [0.1, 0.15) is 63.5 Å². The molecule has 1 saturated carbocycles. The van der Waals surface area contributed by atoms with Crippen molar-refractivity contribution in [3.63, 3.8) is 0 Å². The molecule has 0 bridgehead atoms. The number of hydrogen-bond donors (Lipinski definition) is 4. The minimum absolute atomic E-state index is 0.256. The molecule has 1 fully saturated rings. The Bertz CT molecular complexity index is 1090. The normalized spacial score (nSPS) is 16.3. The lowest BCUT2D eigenvalue weighted by atomic mass is 9.98. The molecule has 35 heavy (non-hydrogen) atoms. The number of rotatable bonds is 10. The molecule has 6 N–H and O–H groups in total. The van der Waals surface area contributed by atoms with E-state index in [2.05, 4.69) is 22.7 Å². The van der Waals surface area contributed by atoms with E-state index in [-0.39, 0.29) is 11.4 Å². The topological polar surface area (TPSA) is 142 Å². The number of nitrogens with two attached hydrogens (primary N) is 2. The summed E-state index contributed by atoms with van der Waals surface area (Å²) in [5, 5.41) is 17.1. The van der Waals surface area contributed by atoms with Gasteiger partial charge in [0.15, 0.2) is 11.7 Å². The number of amides is 1. The van der Waals surface area contributed by atoms with Crippen molar-refractivity contribution in [2.24, 2.45) is 26.8 Å². The minimum atomic E-state index is -0.256. The van der Waals surface area contributed by atoms with Crippen molar-refractivity contribution in [2.45, 2.75) is 64.5 Å². The van der Waals surface area contributed by atoms with Gasteiger partial charge in [0.25, 0.3) is 0 Å². The Morgan fingerprint density at radius 1 is 1.17 bits per heavy atom. The van der Waals surface area contributed by atoms with Gasteiger partial charge in [0.1, 0.15) is 5.71 Å². The molecule has 0 heterocycles. The fraction of sp³-hybridized carbons (Fsp3) is 0.385. The number of carbonyl (C=O) groups is 1. The van der Waals surface area contributed by atoms with Gasteiger partial charge in [-0.05, 0) is 42.9 Å². The predicted molar refractivity (Wildman–Crippen MR) is 140 cm³/mol. The average molecular weight is 478 g/mol. The lowest BCUT2D eigenvalue weighted by Gasteiger charge is -2.26. The molecule has 0 aromatic heterocycles. The van der Waals surface area contributed by atoms with Gasteiger partial charge in [-0.3, -0.25) is 14.7 Å². The fourth-order valence-electron chi connectivity index (χ4n) is 4.48. The molecule has 0 aliphatic heterocycles. The zero-order chi connectivity index (χ0) is 25.3. The van der Waals surface area contributed by atoms with Crippen LogP contribution >= 0.6 is 0 Å². The van der Waals surface area contributed by atoms with E-state index in [4.69, 9.17) is 16.6 Å². The van der Waals surface area contributed by atoms with Crippen molar-refractivity contribution in [1.29, 1.82) is 0 Å². The molecule has 0 spiro atoms. The summed E-state index contributed by atoms with van der Waals surface area (Å²) < 4.78 is 0. The van der Waals surface area contributed by atoms with Crippen LogP contribution in [-0.2, 0) is 11.3 Å². The number of oxime groups is 1. The first-order valence-electron chi connectivity index (χ1n) is 11.9. The standard InChI is InChI=1S/C26H35N7O2/c1-3-8-23(31-35)25(29-26(2)15-6-7-16-26)33(18-34)17-19-11-13-20(14-12-19)21-9-4-5-10-22(21)24(27)30-32-28/h4-5,9-14,18,32,35H,3,6-8,15-17,28H2,1-2H3,(H2,27,30)/b29-25?,31-23-. The Morgan fingerprint density at radius 3 is 2.46 bits per heavy atom. The number of hydrazone groups is 1. The molecule has 1 amide bonds. The third-order valence-corrected chi connectivity index (χ3v) is 6.33. The number of amidine groups is 2. The lowest BCUT2D eigenvalue weighted by molar-refractivity contribution is -0.115. The molecule has 0 atom stereocenters. The molecule has 1 aliphatic carbocycles. The summed E-state index contributed by atoms with van der Waals surface area (Å²) in [6.07, 6.45) is 6.19. The van der Waals surface area contributed by atoms with Crippen molar-refractivity contribution in [1.82, 2.24) is 10.4 Å². The summed E-state index contributed by atoms with van der Waals surface area (Å²) in [5.41, 5.74) is 12.0. The van der Waals surface area contributed by atoms with E-state index in [1.807, 2.05) is 55.5 Å². The number of hydrogen-bond acceptors (Lipinski definition) is 7. The smallest absolute Gasteiger partial charge is 0.215 e. The van der Waals surface area contributed by atoms with Crippen molar-refractivity contribution >= 4 is 23.8 Å². The zero-order valence-corrected chi connectivity index (χ0v) is 20.4. The average Bonchev–Trinajstić information content (AvgIpc) is 3.31. The molecule has 0 saturated heterocycles. The number of hydrazine groups is 1. The summed E-state index contributed by atoms with van der Waals surface area (Å²) in [6, 6.07) is 15.5. The second kappa shape index (κ2) is 12.1. The van der Waals surface area contributed by atoms with Crippen LogP contribution in [0, 0.1) is 0 Å². The van der Waals surface area contributed by atoms with Gasteiger partial charge in [-0.15, -0.1) is 5.10 Å². The van der Waals surface area contributed by atoms with Crippen LogP contribution in [0.25, 0.3) is 11.1 Å². The van der Waals surface area contributed by atoms with Gasteiger partial charge in [-0.25, -0.2) is 11.4 Å². The molecule has 9 heteroatoms. The van der Waals surface area contributed by atoms with E-state index >= 15 is 0 Å². The minimum Gasteiger partial charge on any atom is -0.411 e. The Kier molecular flexibility index (Phi) is 8.97. The van der Waals surface area contributed by atoms with E-state index in [1.165, 1.54) is 4.90 Å². The summed E-state index contributed by atoms with van der Waals surface area (Å²) in [4.78, 5) is 18.7. The first-order valence-corrected chi connectivity index (χ1v) is 11.9. The van der Waals surface area contributed by atoms with Crippen LogP contribution in [-0.4, -0.2) is 39.4 Å². The van der Waals surface area contributed by atoms with E-state index < -0.39 is 0 Å². The van der Waals surface area contributed by atoms with Crippen LogP contribution in [0.3, 0.4) is 0 Å². The van der Waals surface area contributed by atoms with Gasteiger partial charge in [0, 0.05) is 5.56 Å². The number of nitrogens with zero attached hydrogens (tertiary/aromatic N) is 4. The summed E-state index contributed by atoms with van der Waals surface area (Å²) in [6.45, 7) is 4.41. The number of carbonyl (C=O) groups excluding carboxylic acids is 1. The Morgan fingerprint density at radius 2 is 1.86 bits per heavy atom. The maximum Gasteiger partial charge on any atom is 0.215 e. The van der Waals surface area contributed by atoms with Gasteiger partial charge in [0.05, 0.1) is 12.1 Å². The van der Waals surface area contributed by atoms with Gasteiger partial charge in [-0.1, -0.05) is 79.9 Å². The largest absolute Gasteiger partial charge is 0.411 e. The molecule has 1 aliphatic rings. The fourth-order valence-corrected chi connectivity index (χ4v) is 4.48. The second-order valence-electron chi connectivity index (χ2n) is 9.04. The highest BCUT2D eigenvalue weighted by molar-refractivity contribution is 6.42. The lowest BCUT2D eigenvalue weighted by Crippen LogP contribution is -2.38. The van der Waals surface area contributed by atoms with Crippen LogP contribution < -0.4 is 17.1 Å². The second-order valence-corrected chi connectivity index (χ2v) is 9.04. The van der Waals surface area contributed by atoms with E-state index in [0.29, 0.717) is 24.5 Å². The Labute approximate surface area is 206 Å². The van der Waals surface area contributed by atoms with Crippen LogP contribution in [0.5, 0.6) is 0 Å². The van der Waals surface area contributed by atoms with Gasteiger partial charge in [0.2, 0.25) is 6.41 Å². The Balaban J connectivity index is 1.90. The van der Waals surface area contributed by atoms with Crippen molar-refractivity contribution in [3.8, 4) is 11.1 Å². The number of benzene rings is 2. The van der Waals surface area contributed by atoms with Crippen LogP contribution in [0.4, 0.5) is 0 Å². The maximum atomic E-state index is 12.2. The molecule has 0 unspecified atom stereocenters.